The van der Waals surface area contributed by atoms with Crippen LogP contribution in [0.3, 0.4) is 0 Å². The van der Waals surface area contributed by atoms with Gasteiger partial charge < -0.3 is 14.8 Å². The fraction of sp³-hybridized carbons (Fsp3) is 0.222. The summed E-state index contributed by atoms with van der Waals surface area (Å²) in [6, 6.07) is 11.0. The van der Waals surface area contributed by atoms with Crippen LogP contribution in [-0.4, -0.2) is 30.8 Å². The van der Waals surface area contributed by atoms with Crippen molar-refractivity contribution in [3.8, 4) is 5.75 Å². The van der Waals surface area contributed by atoms with Gasteiger partial charge in [0, 0.05) is 10.6 Å². The molecule has 1 atom stereocenters. The molecule has 2 aromatic rings. The van der Waals surface area contributed by atoms with E-state index in [1.807, 2.05) is 12.1 Å². The van der Waals surface area contributed by atoms with Crippen LogP contribution in [0.5, 0.6) is 5.75 Å². The molecule has 0 saturated heterocycles. The first-order valence-electron chi connectivity index (χ1n) is 7.61. The van der Waals surface area contributed by atoms with E-state index in [0.717, 1.165) is 16.7 Å². The number of ether oxygens (including phenoxy) is 2. The van der Waals surface area contributed by atoms with E-state index in [9.17, 15) is 14.0 Å². The van der Waals surface area contributed by atoms with Gasteiger partial charge in [-0.05, 0) is 49.4 Å². The number of thioether (sulfide) groups is 1. The Balaban J connectivity index is 1.81. The average Bonchev–Trinajstić information content (AvgIpc) is 2.63. The van der Waals surface area contributed by atoms with Crippen molar-refractivity contribution in [1.82, 2.24) is 0 Å². The quantitative estimate of drug-likeness (QED) is 0.561. The molecule has 0 saturated carbocycles. The highest BCUT2D eigenvalue weighted by atomic mass is 35.5. The summed E-state index contributed by atoms with van der Waals surface area (Å²) < 4.78 is 23.3. The second-order valence-electron chi connectivity index (χ2n) is 5.21. The zero-order valence-electron chi connectivity index (χ0n) is 14.1. The van der Waals surface area contributed by atoms with Crippen LogP contribution in [-0.2, 0) is 14.3 Å². The average molecular weight is 398 g/mol. The first kappa shape index (κ1) is 20.1. The van der Waals surface area contributed by atoms with Gasteiger partial charge in [0.25, 0.3) is 5.91 Å². The molecule has 0 radical (unpaired) electrons. The minimum Gasteiger partial charge on any atom is -0.497 e. The molecule has 0 aliphatic carbocycles. The minimum absolute atomic E-state index is 0.0618. The monoisotopic (exact) mass is 397 g/mol. The Morgan fingerprint density at radius 2 is 1.92 bits per heavy atom. The van der Waals surface area contributed by atoms with E-state index >= 15 is 0 Å². The molecule has 0 unspecified atom stereocenters. The van der Waals surface area contributed by atoms with Gasteiger partial charge in [0.1, 0.15) is 11.6 Å². The van der Waals surface area contributed by atoms with Gasteiger partial charge in [-0.1, -0.05) is 11.6 Å². The zero-order chi connectivity index (χ0) is 19.1. The van der Waals surface area contributed by atoms with E-state index in [4.69, 9.17) is 21.1 Å². The lowest BCUT2D eigenvalue weighted by molar-refractivity contribution is -0.150. The van der Waals surface area contributed by atoms with Crippen LogP contribution in [0.15, 0.2) is 47.4 Å². The van der Waals surface area contributed by atoms with E-state index in [1.54, 1.807) is 19.2 Å². The maximum Gasteiger partial charge on any atom is 0.317 e. The number of anilines is 1. The highest BCUT2D eigenvalue weighted by molar-refractivity contribution is 8.00. The van der Waals surface area contributed by atoms with Crippen molar-refractivity contribution in [1.29, 1.82) is 0 Å². The summed E-state index contributed by atoms with van der Waals surface area (Å²) in [5, 5.41) is 2.41. The van der Waals surface area contributed by atoms with Crippen molar-refractivity contribution in [2.24, 2.45) is 0 Å². The number of benzene rings is 2. The molecule has 0 bridgehead atoms. The van der Waals surface area contributed by atoms with E-state index in [2.05, 4.69) is 5.32 Å². The summed E-state index contributed by atoms with van der Waals surface area (Å²) in [7, 11) is 1.58. The standard InChI is InChI=1S/C18H17ClFNO4S/c1-11(18(23)21-12-3-8-16(20)15(19)9-12)25-17(22)10-26-14-6-4-13(24-2)5-7-14/h3-9,11H,10H2,1-2H3,(H,21,23)/t11-/m1/s1. The van der Waals surface area contributed by atoms with Gasteiger partial charge in [-0.3, -0.25) is 9.59 Å². The summed E-state index contributed by atoms with van der Waals surface area (Å²) in [6.07, 6.45) is -0.997. The van der Waals surface area contributed by atoms with Crippen LogP contribution >= 0.6 is 23.4 Å². The van der Waals surface area contributed by atoms with Gasteiger partial charge in [0.2, 0.25) is 0 Å². The fourth-order valence-corrected chi connectivity index (χ4v) is 2.78. The van der Waals surface area contributed by atoms with E-state index in [1.165, 1.54) is 30.8 Å². The van der Waals surface area contributed by atoms with Crippen LogP contribution in [0, 0.1) is 5.82 Å². The van der Waals surface area contributed by atoms with Crippen molar-refractivity contribution in [3.05, 3.63) is 53.3 Å². The summed E-state index contributed by atoms with van der Waals surface area (Å²) in [6.45, 7) is 1.45. The van der Waals surface area contributed by atoms with Crippen molar-refractivity contribution < 1.29 is 23.5 Å². The van der Waals surface area contributed by atoms with Gasteiger partial charge in [-0.15, -0.1) is 11.8 Å². The lowest BCUT2D eigenvalue weighted by atomic mass is 10.3. The number of carbonyl (C=O) groups is 2. The molecule has 0 spiro atoms. The normalized spacial score (nSPS) is 11.5. The number of nitrogens with one attached hydrogen (secondary N) is 1. The van der Waals surface area contributed by atoms with Gasteiger partial charge in [-0.25, -0.2) is 4.39 Å². The van der Waals surface area contributed by atoms with Crippen molar-refractivity contribution in [2.45, 2.75) is 17.9 Å². The highest BCUT2D eigenvalue weighted by Crippen LogP contribution is 2.22. The lowest BCUT2D eigenvalue weighted by Gasteiger charge is -2.13. The molecule has 0 fully saturated rings. The van der Waals surface area contributed by atoms with Crippen LogP contribution < -0.4 is 10.1 Å². The summed E-state index contributed by atoms with van der Waals surface area (Å²) >= 11 is 6.95. The maximum atomic E-state index is 13.1. The molecular formula is C18H17ClFNO4S. The molecule has 0 heterocycles. The maximum absolute atomic E-state index is 13.1. The van der Waals surface area contributed by atoms with Gasteiger partial charge >= 0.3 is 5.97 Å². The fourth-order valence-electron chi connectivity index (χ4n) is 1.92. The van der Waals surface area contributed by atoms with Crippen LogP contribution in [0.1, 0.15) is 6.92 Å². The Morgan fingerprint density at radius 1 is 1.23 bits per heavy atom. The summed E-state index contributed by atoms with van der Waals surface area (Å²) in [5.74, 6) is -0.851. The molecule has 138 valence electrons. The smallest absolute Gasteiger partial charge is 0.317 e. The molecule has 1 amide bonds. The third kappa shape index (κ3) is 5.93. The molecule has 2 rings (SSSR count). The molecule has 8 heteroatoms. The molecule has 2 aromatic carbocycles. The summed E-state index contributed by atoms with van der Waals surface area (Å²) in [5.41, 5.74) is 0.317. The predicted molar refractivity (Wildman–Crippen MR) is 99.3 cm³/mol. The number of rotatable bonds is 7. The second-order valence-corrected chi connectivity index (χ2v) is 6.67. The Hall–Kier alpha value is -2.25. The van der Waals surface area contributed by atoms with E-state index in [-0.39, 0.29) is 10.8 Å². The number of amides is 1. The van der Waals surface area contributed by atoms with Crippen LogP contribution in [0.4, 0.5) is 10.1 Å². The second kappa shape index (κ2) is 9.45. The molecule has 0 aromatic heterocycles. The van der Waals surface area contributed by atoms with Gasteiger partial charge in [0.05, 0.1) is 17.9 Å². The summed E-state index contributed by atoms with van der Waals surface area (Å²) in [4.78, 5) is 24.8. The van der Waals surface area contributed by atoms with Crippen molar-refractivity contribution >= 4 is 40.9 Å². The number of halogens is 2. The van der Waals surface area contributed by atoms with Crippen molar-refractivity contribution in [3.63, 3.8) is 0 Å². The number of hydrogen-bond acceptors (Lipinski definition) is 5. The molecular weight excluding hydrogens is 381 g/mol. The van der Waals surface area contributed by atoms with E-state index in [0.29, 0.717) is 5.69 Å². The largest absolute Gasteiger partial charge is 0.497 e. The number of carbonyl (C=O) groups excluding carboxylic acids is 2. The Morgan fingerprint density at radius 3 is 2.54 bits per heavy atom. The zero-order valence-corrected chi connectivity index (χ0v) is 15.7. The van der Waals surface area contributed by atoms with Gasteiger partial charge in [-0.2, -0.15) is 0 Å². The first-order chi connectivity index (χ1) is 12.4. The SMILES string of the molecule is COc1ccc(SCC(=O)O[C@H](C)C(=O)Nc2ccc(F)c(Cl)c2)cc1. The predicted octanol–water partition coefficient (Wildman–Crippen LogP) is 4.15. The molecule has 1 N–H and O–H groups in total. The van der Waals surface area contributed by atoms with Crippen LogP contribution in [0.25, 0.3) is 0 Å². The highest BCUT2D eigenvalue weighted by Gasteiger charge is 2.18. The first-order valence-corrected chi connectivity index (χ1v) is 8.97. The van der Waals surface area contributed by atoms with E-state index < -0.39 is 23.8 Å². The Labute approximate surface area is 159 Å². The van der Waals surface area contributed by atoms with Gasteiger partial charge in [0.15, 0.2) is 6.10 Å². The van der Waals surface area contributed by atoms with Crippen LogP contribution in [0.2, 0.25) is 5.02 Å². The Bertz CT molecular complexity index is 785. The lowest BCUT2D eigenvalue weighted by Crippen LogP contribution is -2.30. The number of esters is 1. The topological polar surface area (TPSA) is 64.6 Å². The molecule has 0 aliphatic rings. The third-order valence-electron chi connectivity index (χ3n) is 3.28. The van der Waals surface area contributed by atoms with Crippen molar-refractivity contribution in [2.75, 3.05) is 18.2 Å². The number of methoxy groups -OCH3 is 1. The number of hydrogen-bond donors (Lipinski definition) is 1. The molecule has 5 nitrogen and oxygen atoms in total. The minimum atomic E-state index is -0.997. The molecule has 26 heavy (non-hydrogen) atoms. The molecule has 0 aliphatic heterocycles. The Kier molecular flexibility index (Phi) is 7.29. The third-order valence-corrected chi connectivity index (χ3v) is 4.56.